The number of aliphatic hydroxyl groups excluding tert-OH is 7. The van der Waals surface area contributed by atoms with E-state index in [1.165, 1.54) is 57.8 Å². The van der Waals surface area contributed by atoms with Gasteiger partial charge >= 0.3 is 11.9 Å². The van der Waals surface area contributed by atoms with Crippen molar-refractivity contribution in [2.75, 3.05) is 26.4 Å². The zero-order valence-corrected chi connectivity index (χ0v) is 44.1. The van der Waals surface area contributed by atoms with Gasteiger partial charge in [-0.25, -0.2) is 0 Å². The highest BCUT2D eigenvalue weighted by atomic mass is 16.7. The Morgan fingerprint density at radius 2 is 0.875 bits per heavy atom. The van der Waals surface area contributed by atoms with Crippen molar-refractivity contribution in [2.45, 2.75) is 261 Å². The molecule has 11 atom stereocenters. The monoisotopic (exact) mass is 1020 g/mol. The first-order chi connectivity index (χ1) is 35.0. The van der Waals surface area contributed by atoms with Gasteiger partial charge in [-0.05, 0) is 77.0 Å². The van der Waals surface area contributed by atoms with Gasteiger partial charge in [0.05, 0.1) is 19.8 Å². The van der Waals surface area contributed by atoms with E-state index < -0.39 is 92.7 Å². The summed E-state index contributed by atoms with van der Waals surface area (Å²) in [5, 5.41) is 72.2. The topological polar surface area (TPSA) is 231 Å². The Hall–Kier alpha value is -2.80. The third-order valence-corrected chi connectivity index (χ3v) is 13.0. The van der Waals surface area contributed by atoms with Crippen molar-refractivity contribution >= 4 is 11.9 Å². The second kappa shape index (κ2) is 43.4. The molecule has 0 aromatic carbocycles. The molecule has 0 amide bonds. The number of esters is 2. The molecule has 0 aliphatic carbocycles. The van der Waals surface area contributed by atoms with Gasteiger partial charge in [0.15, 0.2) is 18.7 Å². The highest BCUT2D eigenvalue weighted by Gasteiger charge is 2.47. The van der Waals surface area contributed by atoms with E-state index in [9.17, 15) is 45.3 Å². The van der Waals surface area contributed by atoms with Crippen molar-refractivity contribution in [3.05, 3.63) is 60.8 Å². The lowest BCUT2D eigenvalue weighted by Crippen LogP contribution is -2.61. The summed E-state index contributed by atoms with van der Waals surface area (Å²) in [4.78, 5) is 25.8. The first kappa shape index (κ1) is 65.3. The van der Waals surface area contributed by atoms with Crippen LogP contribution in [0.5, 0.6) is 0 Å². The molecule has 7 N–H and O–H groups in total. The number of allylic oxidation sites excluding steroid dienone is 10. The Balaban J connectivity index is 1.75. The van der Waals surface area contributed by atoms with Crippen LogP contribution >= 0.6 is 0 Å². The van der Waals surface area contributed by atoms with Gasteiger partial charge in [-0.1, -0.05) is 164 Å². The molecule has 11 unspecified atom stereocenters. The Kier molecular flexibility index (Phi) is 39.4. The van der Waals surface area contributed by atoms with Gasteiger partial charge < -0.3 is 64.2 Å². The second-order valence-corrected chi connectivity index (χ2v) is 19.4. The van der Waals surface area contributed by atoms with Gasteiger partial charge in [-0.3, -0.25) is 9.59 Å². The molecule has 2 saturated heterocycles. The van der Waals surface area contributed by atoms with Crippen LogP contribution in [0, 0.1) is 0 Å². The number of carbonyl (C=O) groups is 2. The van der Waals surface area contributed by atoms with Gasteiger partial charge in [0.25, 0.3) is 0 Å². The van der Waals surface area contributed by atoms with Gasteiger partial charge in [0, 0.05) is 12.8 Å². The first-order valence-corrected chi connectivity index (χ1v) is 27.9. The van der Waals surface area contributed by atoms with Crippen molar-refractivity contribution < 1.29 is 73.8 Å². The number of hydrogen-bond acceptors (Lipinski definition) is 15. The minimum absolute atomic E-state index is 0.156. The number of carbonyl (C=O) groups excluding carboxylic acids is 2. The fourth-order valence-corrected chi connectivity index (χ4v) is 8.44. The zero-order chi connectivity index (χ0) is 52.4. The summed E-state index contributed by atoms with van der Waals surface area (Å²) in [6, 6.07) is 0. The molecule has 15 heteroatoms. The van der Waals surface area contributed by atoms with Crippen molar-refractivity contribution in [1.82, 2.24) is 0 Å². The van der Waals surface area contributed by atoms with Crippen LogP contribution in [0.15, 0.2) is 60.8 Å². The number of ether oxygens (including phenoxy) is 6. The van der Waals surface area contributed by atoms with Crippen molar-refractivity contribution in [2.24, 2.45) is 0 Å². The molecular formula is C57H98O15. The van der Waals surface area contributed by atoms with Gasteiger partial charge in [0.2, 0.25) is 0 Å². The molecule has 0 aromatic heterocycles. The molecule has 0 bridgehead atoms. The molecule has 2 rings (SSSR count). The van der Waals surface area contributed by atoms with Crippen LogP contribution in [0.25, 0.3) is 0 Å². The largest absolute Gasteiger partial charge is 0.462 e. The summed E-state index contributed by atoms with van der Waals surface area (Å²) < 4.78 is 33.6. The Bertz CT molecular complexity index is 1480. The van der Waals surface area contributed by atoms with Crippen molar-refractivity contribution in [3.63, 3.8) is 0 Å². The van der Waals surface area contributed by atoms with E-state index in [1.54, 1.807) is 0 Å². The molecule has 416 valence electrons. The fraction of sp³-hybridized carbons (Fsp3) is 0.789. The molecule has 2 aliphatic heterocycles. The highest BCUT2D eigenvalue weighted by Crippen LogP contribution is 2.26. The lowest BCUT2D eigenvalue weighted by atomic mass is 9.98. The van der Waals surface area contributed by atoms with Crippen molar-refractivity contribution in [3.8, 4) is 0 Å². The molecule has 2 heterocycles. The van der Waals surface area contributed by atoms with Crippen LogP contribution in [0.1, 0.15) is 194 Å². The Labute approximate surface area is 432 Å². The summed E-state index contributed by atoms with van der Waals surface area (Å²) in [5.41, 5.74) is 0. The van der Waals surface area contributed by atoms with Gasteiger partial charge in [0.1, 0.15) is 55.4 Å². The summed E-state index contributed by atoms with van der Waals surface area (Å²) in [6.07, 6.45) is 33.8. The van der Waals surface area contributed by atoms with E-state index in [0.717, 1.165) is 96.3 Å². The number of aliphatic hydroxyl groups is 7. The Morgan fingerprint density at radius 3 is 1.39 bits per heavy atom. The summed E-state index contributed by atoms with van der Waals surface area (Å²) in [7, 11) is 0. The van der Waals surface area contributed by atoms with Crippen LogP contribution < -0.4 is 0 Å². The summed E-state index contributed by atoms with van der Waals surface area (Å²) >= 11 is 0. The van der Waals surface area contributed by atoms with Crippen LogP contribution in [0.3, 0.4) is 0 Å². The minimum atomic E-state index is -1.77. The molecule has 15 nitrogen and oxygen atoms in total. The number of unbranched alkanes of at least 4 members (excludes halogenated alkanes) is 19. The van der Waals surface area contributed by atoms with Gasteiger partial charge in [-0.15, -0.1) is 0 Å². The minimum Gasteiger partial charge on any atom is -0.462 e. The van der Waals surface area contributed by atoms with E-state index in [0.29, 0.717) is 12.8 Å². The third kappa shape index (κ3) is 30.5. The second-order valence-electron chi connectivity index (χ2n) is 19.4. The quantitative estimate of drug-likeness (QED) is 0.0172. The van der Waals surface area contributed by atoms with Crippen LogP contribution in [-0.2, 0) is 38.0 Å². The van der Waals surface area contributed by atoms with Crippen LogP contribution in [0.4, 0.5) is 0 Å². The van der Waals surface area contributed by atoms with Gasteiger partial charge in [-0.2, -0.15) is 0 Å². The van der Waals surface area contributed by atoms with E-state index in [4.69, 9.17) is 28.4 Å². The molecule has 72 heavy (non-hydrogen) atoms. The standard InChI is InChI=1S/C57H98O15/c1-3-5-7-9-11-13-15-17-18-19-20-21-22-23-24-25-26-28-30-32-34-36-38-40-49(60)70-45(42-67-48(59)39-37-35-33-31-29-27-16-14-12-10-8-6-4-2)43-68-56-55(66)53(64)51(62)47(72-56)44-69-57-54(65)52(63)50(61)46(41-58)71-57/h5,7,11,13-14,16-18,20-21,45-47,50-58,61-66H,3-4,6,8-10,12,15,19,22-44H2,1-2H3/b7-5-,13-11-,16-14-,18-17-,21-20-. The maximum Gasteiger partial charge on any atom is 0.306 e. The normalized spacial score (nSPS) is 25.5. The molecule has 0 radical (unpaired) electrons. The molecule has 2 aliphatic rings. The molecule has 0 saturated carbocycles. The average Bonchev–Trinajstić information content (AvgIpc) is 3.37. The predicted octanol–water partition coefficient (Wildman–Crippen LogP) is 8.83. The maximum atomic E-state index is 13.1. The summed E-state index contributed by atoms with van der Waals surface area (Å²) in [5.74, 6) is -0.940. The number of rotatable bonds is 43. The third-order valence-electron chi connectivity index (χ3n) is 13.0. The van der Waals surface area contributed by atoms with E-state index in [2.05, 4.69) is 74.6 Å². The Morgan fingerprint density at radius 1 is 0.458 bits per heavy atom. The van der Waals surface area contributed by atoms with Crippen LogP contribution in [-0.4, -0.2) is 142 Å². The average molecular weight is 1020 g/mol. The maximum absolute atomic E-state index is 13.1. The predicted molar refractivity (Wildman–Crippen MR) is 280 cm³/mol. The first-order valence-electron chi connectivity index (χ1n) is 27.9. The fourth-order valence-electron chi connectivity index (χ4n) is 8.44. The lowest BCUT2D eigenvalue weighted by Gasteiger charge is -2.42. The summed E-state index contributed by atoms with van der Waals surface area (Å²) in [6.45, 7) is 2.45. The lowest BCUT2D eigenvalue weighted by molar-refractivity contribution is -0.332. The molecular weight excluding hydrogens is 925 g/mol. The highest BCUT2D eigenvalue weighted by molar-refractivity contribution is 5.70. The number of hydrogen-bond donors (Lipinski definition) is 7. The molecule has 0 spiro atoms. The van der Waals surface area contributed by atoms with E-state index in [-0.39, 0.29) is 26.1 Å². The van der Waals surface area contributed by atoms with E-state index >= 15 is 0 Å². The van der Waals surface area contributed by atoms with Crippen molar-refractivity contribution in [1.29, 1.82) is 0 Å². The smallest absolute Gasteiger partial charge is 0.306 e. The molecule has 0 aromatic rings. The SMILES string of the molecule is CC/C=C\C/C=C\C/C=C\C/C=C\CCCCCCCCCCCCC(=O)OC(COC(=O)CCCCCCC/C=C\CCCCCC)COC1OC(COC2OC(CO)C(O)C(O)C2O)C(O)C(O)C1O. The van der Waals surface area contributed by atoms with E-state index in [1.807, 2.05) is 0 Å². The zero-order valence-electron chi connectivity index (χ0n) is 44.1. The molecule has 2 fully saturated rings. The van der Waals surface area contributed by atoms with Crippen LogP contribution in [0.2, 0.25) is 0 Å².